The summed E-state index contributed by atoms with van der Waals surface area (Å²) < 4.78 is 27.0. The summed E-state index contributed by atoms with van der Waals surface area (Å²) in [4.78, 5) is 30.5. The van der Waals surface area contributed by atoms with Crippen LogP contribution in [0.5, 0.6) is 0 Å². The lowest BCUT2D eigenvalue weighted by Gasteiger charge is -2.02. The third kappa shape index (κ3) is 2.83. The van der Waals surface area contributed by atoms with E-state index in [9.17, 15) is 18.0 Å². The highest BCUT2D eigenvalue weighted by molar-refractivity contribution is 7.89. The summed E-state index contributed by atoms with van der Waals surface area (Å²) in [5.74, 6) is 0.0897. The summed E-state index contributed by atoms with van der Waals surface area (Å²) in [6, 6.07) is 0. The van der Waals surface area contributed by atoms with Crippen LogP contribution in [0.4, 0.5) is 5.95 Å². The van der Waals surface area contributed by atoms with E-state index in [2.05, 4.69) is 20.0 Å². The SMILES string of the molecule is CNS(=O)(=O)CCNc1nc2c([nH]1)c(=O)n(C)c(=O)n2C. The fraction of sp³-hybridized carbons (Fsp3) is 0.500. The van der Waals surface area contributed by atoms with Crippen LogP contribution in [0.25, 0.3) is 11.2 Å². The molecule has 0 atom stereocenters. The summed E-state index contributed by atoms with van der Waals surface area (Å²) >= 11 is 0. The zero-order chi connectivity index (χ0) is 15.8. The molecule has 21 heavy (non-hydrogen) atoms. The fourth-order valence-corrected chi connectivity index (χ4v) is 2.39. The molecule has 0 aliphatic heterocycles. The van der Waals surface area contributed by atoms with Gasteiger partial charge in [0.2, 0.25) is 16.0 Å². The number of hydrogen-bond donors (Lipinski definition) is 3. The Kier molecular flexibility index (Phi) is 3.87. The molecule has 2 rings (SSSR count). The van der Waals surface area contributed by atoms with Gasteiger partial charge in [0.15, 0.2) is 11.2 Å². The van der Waals surface area contributed by atoms with Gasteiger partial charge >= 0.3 is 5.69 Å². The van der Waals surface area contributed by atoms with Crippen LogP contribution in [-0.4, -0.2) is 46.9 Å². The van der Waals surface area contributed by atoms with Crippen LogP contribution < -0.4 is 21.3 Å². The molecule has 0 fully saturated rings. The van der Waals surface area contributed by atoms with Crippen LogP contribution in [0.1, 0.15) is 0 Å². The van der Waals surface area contributed by atoms with E-state index in [1.54, 1.807) is 0 Å². The number of hydrogen-bond acceptors (Lipinski definition) is 6. The molecular weight excluding hydrogens is 300 g/mol. The quantitative estimate of drug-likeness (QED) is 0.580. The summed E-state index contributed by atoms with van der Waals surface area (Å²) in [5, 5.41) is 2.77. The monoisotopic (exact) mass is 316 g/mol. The van der Waals surface area contributed by atoms with Gasteiger partial charge in [-0.15, -0.1) is 0 Å². The van der Waals surface area contributed by atoms with Crippen LogP contribution in [0, 0.1) is 0 Å². The number of nitrogens with zero attached hydrogens (tertiary/aromatic N) is 3. The Morgan fingerprint density at radius 3 is 2.52 bits per heavy atom. The minimum Gasteiger partial charge on any atom is -0.355 e. The minimum atomic E-state index is -3.32. The van der Waals surface area contributed by atoms with E-state index in [1.165, 1.54) is 25.7 Å². The average molecular weight is 316 g/mol. The molecule has 0 spiro atoms. The molecule has 2 aromatic rings. The van der Waals surface area contributed by atoms with E-state index in [4.69, 9.17) is 0 Å². The van der Waals surface area contributed by atoms with Crippen LogP contribution in [0.2, 0.25) is 0 Å². The topological polar surface area (TPSA) is 131 Å². The fourth-order valence-electron chi connectivity index (χ4n) is 1.82. The van der Waals surface area contributed by atoms with Gasteiger partial charge in [0.05, 0.1) is 5.75 Å². The van der Waals surface area contributed by atoms with Crippen molar-refractivity contribution in [3.05, 3.63) is 20.8 Å². The molecule has 0 saturated heterocycles. The predicted octanol–water partition coefficient (Wildman–Crippen LogP) is -2.08. The van der Waals surface area contributed by atoms with Crippen molar-refractivity contribution in [3.8, 4) is 0 Å². The van der Waals surface area contributed by atoms with E-state index >= 15 is 0 Å². The van der Waals surface area contributed by atoms with E-state index in [-0.39, 0.29) is 29.4 Å². The maximum atomic E-state index is 11.9. The molecule has 0 radical (unpaired) electrons. The van der Waals surface area contributed by atoms with Gasteiger partial charge in [-0.3, -0.25) is 13.9 Å². The van der Waals surface area contributed by atoms with Gasteiger partial charge < -0.3 is 10.3 Å². The number of sulfonamides is 1. The first-order valence-electron chi connectivity index (χ1n) is 6.07. The van der Waals surface area contributed by atoms with Crippen LogP contribution >= 0.6 is 0 Å². The molecule has 0 aromatic carbocycles. The highest BCUT2D eigenvalue weighted by atomic mass is 32.2. The summed E-state index contributed by atoms with van der Waals surface area (Å²) in [6.07, 6.45) is 0. The Morgan fingerprint density at radius 1 is 1.24 bits per heavy atom. The number of H-pyrrole nitrogens is 1. The number of aromatic amines is 1. The van der Waals surface area contributed by atoms with Crippen molar-refractivity contribution in [1.82, 2.24) is 23.8 Å². The van der Waals surface area contributed by atoms with E-state index in [0.29, 0.717) is 0 Å². The Hall–Kier alpha value is -2.14. The third-order valence-electron chi connectivity index (χ3n) is 3.07. The number of fused-ring (bicyclic) bond motifs is 1. The summed E-state index contributed by atoms with van der Waals surface area (Å²) in [6.45, 7) is 0.108. The molecule has 0 saturated carbocycles. The van der Waals surface area contributed by atoms with E-state index in [1.807, 2.05) is 0 Å². The van der Waals surface area contributed by atoms with Crippen molar-refractivity contribution in [2.24, 2.45) is 14.1 Å². The second-order valence-electron chi connectivity index (χ2n) is 4.44. The minimum absolute atomic E-state index is 0.108. The van der Waals surface area contributed by atoms with E-state index in [0.717, 1.165) is 4.57 Å². The molecule has 0 unspecified atom stereocenters. The molecule has 2 heterocycles. The maximum absolute atomic E-state index is 11.9. The summed E-state index contributed by atoms with van der Waals surface area (Å²) in [5.41, 5.74) is -0.583. The molecule has 3 N–H and O–H groups in total. The first-order chi connectivity index (χ1) is 9.76. The molecule has 0 amide bonds. The number of nitrogens with one attached hydrogen (secondary N) is 3. The Balaban J connectivity index is 2.33. The van der Waals surface area contributed by atoms with E-state index < -0.39 is 21.3 Å². The highest BCUT2D eigenvalue weighted by Crippen LogP contribution is 2.07. The first-order valence-corrected chi connectivity index (χ1v) is 7.73. The summed E-state index contributed by atoms with van der Waals surface area (Å²) in [7, 11) is 0.877. The van der Waals surface area contributed by atoms with Gasteiger partial charge in [-0.1, -0.05) is 0 Å². The number of rotatable bonds is 5. The largest absolute Gasteiger partial charge is 0.355 e. The van der Waals surface area contributed by atoms with Gasteiger partial charge in [0.25, 0.3) is 5.56 Å². The third-order valence-corrected chi connectivity index (χ3v) is 4.43. The highest BCUT2D eigenvalue weighted by Gasteiger charge is 2.13. The number of aryl methyl sites for hydroxylation is 1. The van der Waals surface area contributed by atoms with Crippen molar-refractivity contribution in [2.75, 3.05) is 24.7 Å². The van der Waals surface area contributed by atoms with Gasteiger partial charge in [-0.2, -0.15) is 4.98 Å². The Bertz CT molecular complexity index is 891. The molecule has 10 nitrogen and oxygen atoms in total. The van der Waals surface area contributed by atoms with Gasteiger partial charge in [0, 0.05) is 20.6 Å². The van der Waals surface area contributed by atoms with Gasteiger partial charge in [-0.25, -0.2) is 17.9 Å². The Morgan fingerprint density at radius 2 is 1.90 bits per heavy atom. The smallest absolute Gasteiger partial charge is 0.332 e. The molecule has 0 aliphatic carbocycles. The molecule has 116 valence electrons. The molecule has 0 aliphatic rings. The molecule has 2 aromatic heterocycles. The van der Waals surface area contributed by atoms with Gasteiger partial charge in [-0.05, 0) is 7.05 Å². The van der Waals surface area contributed by atoms with Crippen molar-refractivity contribution < 1.29 is 8.42 Å². The van der Waals surface area contributed by atoms with Crippen molar-refractivity contribution in [1.29, 1.82) is 0 Å². The number of aromatic nitrogens is 4. The second-order valence-corrected chi connectivity index (χ2v) is 6.49. The van der Waals surface area contributed by atoms with Crippen molar-refractivity contribution >= 4 is 27.1 Å². The first kappa shape index (κ1) is 15.3. The van der Waals surface area contributed by atoms with Crippen molar-refractivity contribution in [2.45, 2.75) is 0 Å². The van der Waals surface area contributed by atoms with Crippen LogP contribution in [0.15, 0.2) is 9.59 Å². The lowest BCUT2D eigenvalue weighted by Crippen LogP contribution is -2.36. The zero-order valence-corrected chi connectivity index (χ0v) is 12.6. The van der Waals surface area contributed by atoms with Crippen molar-refractivity contribution in [3.63, 3.8) is 0 Å². The lowest BCUT2D eigenvalue weighted by molar-refractivity contribution is 0.588. The predicted molar refractivity (Wildman–Crippen MR) is 77.9 cm³/mol. The van der Waals surface area contributed by atoms with Gasteiger partial charge in [0.1, 0.15) is 0 Å². The number of anilines is 1. The van der Waals surface area contributed by atoms with Crippen LogP contribution in [0.3, 0.4) is 0 Å². The van der Waals surface area contributed by atoms with Crippen LogP contribution in [-0.2, 0) is 24.1 Å². The second kappa shape index (κ2) is 5.33. The standard InChI is InChI=1S/C10H16N6O4S/c1-11-21(19,20)5-4-12-9-13-6-7(14-9)15(2)10(18)16(3)8(6)17/h11H,4-5H2,1-3H3,(H2,12,13,14). The maximum Gasteiger partial charge on any atom is 0.332 e. The molecule has 11 heteroatoms. The molecule has 0 bridgehead atoms. The average Bonchev–Trinajstić information content (AvgIpc) is 2.87. The zero-order valence-electron chi connectivity index (χ0n) is 11.8. The number of imidazole rings is 1. The normalized spacial score (nSPS) is 12.0. The lowest BCUT2D eigenvalue weighted by atomic mass is 10.5. The Labute approximate surface area is 119 Å². The molecular formula is C10H16N6O4S.